The van der Waals surface area contributed by atoms with Gasteiger partial charge in [0, 0.05) is 17.7 Å². The normalized spacial score (nSPS) is 12.0. The molecule has 1 N–H and O–H groups in total. The first kappa shape index (κ1) is 21.7. The zero-order chi connectivity index (χ0) is 21.8. The van der Waals surface area contributed by atoms with E-state index in [2.05, 4.69) is 15.5 Å². The van der Waals surface area contributed by atoms with Crippen LogP contribution in [0, 0.1) is 10.1 Å². The van der Waals surface area contributed by atoms with Crippen LogP contribution < -0.4 is 5.32 Å². The summed E-state index contributed by atoms with van der Waals surface area (Å²) in [6.45, 7) is 1.83. The summed E-state index contributed by atoms with van der Waals surface area (Å²) in [4.78, 5) is 24.4. The molecule has 0 saturated carbocycles. The highest BCUT2D eigenvalue weighted by Crippen LogP contribution is 2.30. The third kappa shape index (κ3) is 4.93. The lowest BCUT2D eigenvalue weighted by molar-refractivity contribution is -0.384. The summed E-state index contributed by atoms with van der Waals surface area (Å²) in [7, 11) is 1.73. The molecule has 30 heavy (non-hydrogen) atoms. The molecule has 1 amide bonds. The standard InChI is InChI=1S/C19H17Cl2N5O4/c1-11(25(2)10-16(27)22-17-14(20)4-3-5-15(17)21)18-23-24-19(30-18)12-6-8-13(9-7-12)26(28)29/h3-9,11H,10H2,1-2H3,(H,22,27). The number of halogens is 2. The third-order valence-corrected chi connectivity index (χ3v) is 5.03. The molecule has 11 heteroatoms. The zero-order valence-electron chi connectivity index (χ0n) is 16.0. The predicted molar refractivity (Wildman–Crippen MR) is 113 cm³/mol. The fraction of sp³-hybridized carbons (Fsp3) is 0.211. The van der Waals surface area contributed by atoms with Crippen LogP contribution in [0.3, 0.4) is 0 Å². The molecular weight excluding hydrogens is 433 g/mol. The van der Waals surface area contributed by atoms with E-state index in [0.717, 1.165) is 0 Å². The number of hydrogen-bond acceptors (Lipinski definition) is 7. The number of non-ortho nitro benzene ring substituents is 1. The summed E-state index contributed by atoms with van der Waals surface area (Å²) >= 11 is 12.1. The molecule has 2 aromatic carbocycles. The molecule has 0 bridgehead atoms. The number of rotatable bonds is 7. The van der Waals surface area contributed by atoms with Crippen LogP contribution in [0.15, 0.2) is 46.9 Å². The summed E-state index contributed by atoms with van der Waals surface area (Å²) in [6, 6.07) is 10.4. The Morgan fingerprint density at radius 2 is 1.83 bits per heavy atom. The summed E-state index contributed by atoms with van der Waals surface area (Å²) in [5.41, 5.74) is 0.877. The molecule has 156 valence electrons. The fourth-order valence-electron chi connectivity index (χ4n) is 2.59. The van der Waals surface area contributed by atoms with Crippen molar-refractivity contribution in [2.45, 2.75) is 13.0 Å². The maximum absolute atomic E-state index is 12.4. The highest BCUT2D eigenvalue weighted by Gasteiger charge is 2.22. The van der Waals surface area contributed by atoms with Crippen LogP contribution in [-0.4, -0.2) is 39.5 Å². The summed E-state index contributed by atoms with van der Waals surface area (Å²) < 4.78 is 5.68. The van der Waals surface area contributed by atoms with Crippen molar-refractivity contribution < 1.29 is 14.1 Å². The van der Waals surface area contributed by atoms with Crippen LogP contribution in [0.5, 0.6) is 0 Å². The van der Waals surface area contributed by atoms with E-state index >= 15 is 0 Å². The molecule has 9 nitrogen and oxygen atoms in total. The molecule has 0 aliphatic heterocycles. The van der Waals surface area contributed by atoms with E-state index in [1.54, 1.807) is 30.1 Å². The van der Waals surface area contributed by atoms with Gasteiger partial charge in [-0.3, -0.25) is 19.8 Å². The van der Waals surface area contributed by atoms with Crippen LogP contribution in [0.4, 0.5) is 11.4 Å². The molecule has 1 atom stereocenters. The number of likely N-dealkylation sites (N-methyl/N-ethyl adjacent to an activating group) is 1. The van der Waals surface area contributed by atoms with Gasteiger partial charge in [0.1, 0.15) is 0 Å². The minimum atomic E-state index is -0.485. The van der Waals surface area contributed by atoms with Gasteiger partial charge in [-0.2, -0.15) is 0 Å². The van der Waals surface area contributed by atoms with Crippen LogP contribution in [0.1, 0.15) is 18.9 Å². The van der Waals surface area contributed by atoms with Crippen molar-refractivity contribution in [1.29, 1.82) is 0 Å². The Kier molecular flexibility index (Phi) is 6.66. The van der Waals surface area contributed by atoms with Gasteiger partial charge in [0.05, 0.1) is 33.2 Å². The average molecular weight is 450 g/mol. The van der Waals surface area contributed by atoms with E-state index in [1.165, 1.54) is 24.3 Å². The molecule has 0 aliphatic carbocycles. The highest BCUT2D eigenvalue weighted by atomic mass is 35.5. The second-order valence-corrected chi connectivity index (χ2v) is 7.30. The van der Waals surface area contributed by atoms with Gasteiger partial charge in [0.2, 0.25) is 17.7 Å². The highest BCUT2D eigenvalue weighted by molar-refractivity contribution is 6.39. The number of carbonyl (C=O) groups is 1. The molecule has 0 spiro atoms. The topological polar surface area (TPSA) is 114 Å². The van der Waals surface area contributed by atoms with Crippen LogP contribution >= 0.6 is 23.2 Å². The Labute approximate surface area is 181 Å². The van der Waals surface area contributed by atoms with E-state index in [1.807, 2.05) is 6.92 Å². The molecular formula is C19H17Cl2N5O4. The number of nitro benzene ring substituents is 1. The van der Waals surface area contributed by atoms with Crippen molar-refractivity contribution in [3.63, 3.8) is 0 Å². The molecule has 3 rings (SSSR count). The van der Waals surface area contributed by atoms with E-state index in [-0.39, 0.29) is 30.1 Å². The van der Waals surface area contributed by atoms with Crippen LogP contribution in [0.25, 0.3) is 11.5 Å². The third-order valence-electron chi connectivity index (χ3n) is 4.40. The Morgan fingerprint density at radius 3 is 2.43 bits per heavy atom. The molecule has 0 saturated heterocycles. The molecule has 0 fully saturated rings. The number of benzene rings is 2. The van der Waals surface area contributed by atoms with Crippen molar-refractivity contribution in [2.75, 3.05) is 18.9 Å². The van der Waals surface area contributed by atoms with Gasteiger partial charge in [-0.1, -0.05) is 29.3 Å². The summed E-state index contributed by atoms with van der Waals surface area (Å²) in [6.07, 6.45) is 0. The van der Waals surface area contributed by atoms with E-state index in [0.29, 0.717) is 27.2 Å². The molecule has 0 aliphatic rings. The zero-order valence-corrected chi connectivity index (χ0v) is 17.5. The molecule has 1 unspecified atom stereocenters. The van der Waals surface area contributed by atoms with Gasteiger partial charge in [0.25, 0.3) is 5.69 Å². The lowest BCUT2D eigenvalue weighted by Gasteiger charge is -2.21. The van der Waals surface area contributed by atoms with Crippen LogP contribution in [-0.2, 0) is 4.79 Å². The first-order valence-corrected chi connectivity index (χ1v) is 9.54. The largest absolute Gasteiger partial charge is 0.419 e. The Hall–Kier alpha value is -3.01. The van der Waals surface area contributed by atoms with E-state index in [4.69, 9.17) is 27.6 Å². The molecule has 1 aromatic heterocycles. The van der Waals surface area contributed by atoms with Crippen molar-refractivity contribution in [3.05, 3.63) is 68.5 Å². The van der Waals surface area contributed by atoms with E-state index in [9.17, 15) is 14.9 Å². The first-order valence-electron chi connectivity index (χ1n) is 8.78. The Bertz CT molecular complexity index is 1050. The number of nitrogens with zero attached hydrogens (tertiary/aromatic N) is 4. The van der Waals surface area contributed by atoms with Gasteiger partial charge < -0.3 is 9.73 Å². The van der Waals surface area contributed by atoms with Crippen molar-refractivity contribution >= 4 is 40.5 Å². The van der Waals surface area contributed by atoms with Crippen molar-refractivity contribution in [3.8, 4) is 11.5 Å². The number of nitro groups is 1. The van der Waals surface area contributed by atoms with Crippen molar-refractivity contribution in [1.82, 2.24) is 15.1 Å². The number of para-hydroxylation sites is 1. The molecule has 3 aromatic rings. The number of carbonyl (C=O) groups excluding carboxylic acids is 1. The van der Waals surface area contributed by atoms with Gasteiger partial charge in [-0.15, -0.1) is 10.2 Å². The lowest BCUT2D eigenvalue weighted by Crippen LogP contribution is -2.32. The van der Waals surface area contributed by atoms with E-state index < -0.39 is 4.92 Å². The molecule has 0 radical (unpaired) electrons. The number of amides is 1. The second kappa shape index (κ2) is 9.21. The Balaban J connectivity index is 1.65. The number of nitrogens with one attached hydrogen (secondary N) is 1. The summed E-state index contributed by atoms with van der Waals surface area (Å²) in [5.74, 6) is 0.219. The lowest BCUT2D eigenvalue weighted by atomic mass is 10.2. The van der Waals surface area contributed by atoms with Gasteiger partial charge >= 0.3 is 0 Å². The Morgan fingerprint density at radius 1 is 1.20 bits per heavy atom. The number of anilines is 1. The molecule has 1 heterocycles. The van der Waals surface area contributed by atoms with Gasteiger partial charge in [-0.05, 0) is 38.2 Å². The average Bonchev–Trinajstić information content (AvgIpc) is 3.20. The fourth-order valence-corrected chi connectivity index (χ4v) is 3.09. The predicted octanol–water partition coefficient (Wildman–Crippen LogP) is 4.58. The van der Waals surface area contributed by atoms with Gasteiger partial charge in [0.15, 0.2) is 0 Å². The first-order chi connectivity index (χ1) is 14.3. The monoisotopic (exact) mass is 449 g/mol. The summed E-state index contributed by atoms with van der Waals surface area (Å²) in [5, 5.41) is 22.2. The van der Waals surface area contributed by atoms with Gasteiger partial charge in [-0.25, -0.2) is 0 Å². The quantitative estimate of drug-likeness (QED) is 0.414. The van der Waals surface area contributed by atoms with Crippen LogP contribution in [0.2, 0.25) is 10.0 Å². The number of hydrogen-bond donors (Lipinski definition) is 1. The minimum absolute atomic E-state index is 0.0258. The maximum Gasteiger partial charge on any atom is 0.269 e. The van der Waals surface area contributed by atoms with Crippen molar-refractivity contribution in [2.24, 2.45) is 0 Å². The second-order valence-electron chi connectivity index (χ2n) is 6.49. The maximum atomic E-state index is 12.4. The smallest absolute Gasteiger partial charge is 0.269 e. The number of aromatic nitrogens is 2. The minimum Gasteiger partial charge on any atom is -0.419 e. The SMILES string of the molecule is CC(c1nnc(-c2ccc([N+](=O)[O-])cc2)o1)N(C)CC(=O)Nc1c(Cl)cccc1Cl.